The number of hydrogen-bond donors (Lipinski definition) is 6. The number of carbonyl (C=O) groups excluding carboxylic acids is 2. The number of unbranched alkanes of at least 4 members (excludes halogenated alkanes) is 23. The zero-order valence-electron chi connectivity index (χ0n) is 31.4. The molecular formula is C39H76N2O8. The number of hydrogen-bond acceptors (Lipinski definition) is 8. The molecule has 0 saturated carbocycles. The molecule has 290 valence electrons. The molecule has 1 fully saturated rings. The van der Waals surface area contributed by atoms with Crippen molar-refractivity contribution in [2.45, 2.75) is 218 Å². The van der Waals surface area contributed by atoms with E-state index >= 15 is 0 Å². The molecule has 49 heavy (non-hydrogen) atoms. The van der Waals surface area contributed by atoms with Crippen LogP contribution in [0.3, 0.4) is 0 Å². The highest BCUT2D eigenvalue weighted by Crippen LogP contribution is 2.22. The highest BCUT2D eigenvalue weighted by atomic mass is 16.7. The largest absolute Gasteiger partial charge is 0.394 e. The summed E-state index contributed by atoms with van der Waals surface area (Å²) in [6.07, 6.45) is 23.7. The summed E-state index contributed by atoms with van der Waals surface area (Å²) in [4.78, 5) is 25.9. The Kier molecular flexibility index (Phi) is 29.3. The molecule has 0 aromatic carbocycles. The maximum atomic E-state index is 13.1. The number of aliphatic hydroxyl groups is 4. The first kappa shape index (κ1) is 45.7. The lowest BCUT2D eigenvalue weighted by Crippen LogP contribution is -2.60. The lowest BCUT2D eigenvalue weighted by atomic mass is 9.99. The molecule has 0 radical (unpaired) electrons. The van der Waals surface area contributed by atoms with Gasteiger partial charge in [0.15, 0.2) is 6.29 Å². The molecule has 6 N–H and O–H groups in total. The predicted octanol–water partition coefficient (Wildman–Crippen LogP) is 6.59. The molecule has 0 aromatic heterocycles. The molecule has 0 aromatic rings. The van der Waals surface area contributed by atoms with Gasteiger partial charge in [-0.05, 0) is 12.8 Å². The normalized spacial score (nSPS) is 21.5. The van der Waals surface area contributed by atoms with E-state index in [9.17, 15) is 30.0 Å². The summed E-state index contributed by atoms with van der Waals surface area (Å²) < 4.78 is 11.1. The smallest absolute Gasteiger partial charge is 0.244 e. The van der Waals surface area contributed by atoms with E-state index in [-0.39, 0.29) is 18.4 Å². The predicted molar refractivity (Wildman–Crippen MR) is 196 cm³/mol. The van der Waals surface area contributed by atoms with Gasteiger partial charge in [0.25, 0.3) is 0 Å². The molecule has 0 unspecified atom stereocenters. The van der Waals surface area contributed by atoms with Crippen LogP contribution in [0, 0.1) is 0 Å². The van der Waals surface area contributed by atoms with E-state index in [1.165, 1.54) is 122 Å². The van der Waals surface area contributed by atoms with Crippen LogP contribution in [0.2, 0.25) is 0 Å². The number of carbonyl (C=O) groups is 2. The highest BCUT2D eigenvalue weighted by molar-refractivity contribution is 5.87. The Morgan fingerprint density at radius 3 is 1.49 bits per heavy atom. The van der Waals surface area contributed by atoms with E-state index in [2.05, 4.69) is 24.5 Å². The summed E-state index contributed by atoms with van der Waals surface area (Å²) in [5.74, 6) is -0.628. The Bertz CT molecular complexity index is 786. The summed E-state index contributed by atoms with van der Waals surface area (Å²) in [6.45, 7) is 4.10. The average Bonchev–Trinajstić information content (AvgIpc) is 3.10. The van der Waals surface area contributed by atoms with Gasteiger partial charge in [-0.3, -0.25) is 9.59 Å². The zero-order valence-corrected chi connectivity index (χ0v) is 31.4. The van der Waals surface area contributed by atoms with E-state index in [1.807, 2.05) is 0 Å². The molecule has 1 aliphatic heterocycles. The van der Waals surface area contributed by atoms with Gasteiger partial charge in [0.1, 0.15) is 30.5 Å². The number of nitrogens with one attached hydrogen (secondary N) is 2. The first-order chi connectivity index (χ1) is 23.8. The van der Waals surface area contributed by atoms with E-state index in [1.54, 1.807) is 0 Å². The number of ether oxygens (including phenoxy) is 2. The topological polar surface area (TPSA) is 158 Å². The molecule has 2 amide bonds. The van der Waals surface area contributed by atoms with Gasteiger partial charge in [0, 0.05) is 13.0 Å². The fourth-order valence-electron chi connectivity index (χ4n) is 6.45. The highest BCUT2D eigenvalue weighted by Gasteiger charge is 2.44. The second-order valence-corrected chi connectivity index (χ2v) is 14.3. The lowest BCUT2D eigenvalue weighted by molar-refractivity contribution is -0.301. The minimum atomic E-state index is -1.58. The minimum Gasteiger partial charge on any atom is -0.394 e. The molecule has 10 nitrogen and oxygen atoms in total. The summed E-state index contributed by atoms with van der Waals surface area (Å²) in [5.41, 5.74) is 0. The Hall–Kier alpha value is -1.30. The summed E-state index contributed by atoms with van der Waals surface area (Å²) in [5, 5.41) is 45.7. The fraction of sp³-hybridized carbons (Fsp3) is 0.949. The SMILES string of the molecule is CCCCCCCCCCCCCCCCCC(=O)N[C@@H](CO[C@H]1O[C@H](CO)[C@H](O)[C@H](O)[C@H]1O)C(=O)NCCCCCCCCCCCC. The Morgan fingerprint density at radius 1 is 0.612 bits per heavy atom. The Morgan fingerprint density at radius 2 is 1.04 bits per heavy atom. The van der Waals surface area contributed by atoms with Gasteiger partial charge in [-0.25, -0.2) is 0 Å². The van der Waals surface area contributed by atoms with E-state index in [0.717, 1.165) is 38.5 Å². The van der Waals surface area contributed by atoms with Crippen molar-refractivity contribution >= 4 is 11.8 Å². The lowest BCUT2D eigenvalue weighted by Gasteiger charge is -2.39. The summed E-state index contributed by atoms with van der Waals surface area (Å²) in [6, 6.07) is -1.01. The van der Waals surface area contributed by atoms with Crippen molar-refractivity contribution in [3.63, 3.8) is 0 Å². The number of rotatable bonds is 33. The second kappa shape index (κ2) is 31.4. The van der Waals surface area contributed by atoms with E-state index in [0.29, 0.717) is 13.0 Å². The van der Waals surface area contributed by atoms with Crippen LogP contribution in [0.15, 0.2) is 0 Å². The second-order valence-electron chi connectivity index (χ2n) is 14.3. The van der Waals surface area contributed by atoms with Crippen LogP contribution in [0.5, 0.6) is 0 Å². The van der Waals surface area contributed by atoms with Crippen LogP contribution in [0.1, 0.15) is 181 Å². The van der Waals surface area contributed by atoms with Crippen LogP contribution in [0.4, 0.5) is 0 Å². The zero-order chi connectivity index (χ0) is 36.0. The van der Waals surface area contributed by atoms with Crippen LogP contribution in [0.25, 0.3) is 0 Å². The monoisotopic (exact) mass is 701 g/mol. The van der Waals surface area contributed by atoms with Gasteiger partial charge in [0.05, 0.1) is 13.2 Å². The van der Waals surface area contributed by atoms with Crippen molar-refractivity contribution in [3.8, 4) is 0 Å². The molecule has 1 saturated heterocycles. The van der Waals surface area contributed by atoms with E-state index < -0.39 is 43.4 Å². The molecule has 1 heterocycles. The van der Waals surface area contributed by atoms with Crippen molar-refractivity contribution < 1.29 is 39.5 Å². The third kappa shape index (κ3) is 23.0. The first-order valence-corrected chi connectivity index (χ1v) is 20.3. The molecule has 10 heteroatoms. The third-order valence-corrected chi connectivity index (χ3v) is 9.76. The van der Waals surface area contributed by atoms with Gasteiger partial charge in [-0.1, -0.05) is 162 Å². The van der Waals surface area contributed by atoms with Crippen molar-refractivity contribution in [2.24, 2.45) is 0 Å². The van der Waals surface area contributed by atoms with E-state index in [4.69, 9.17) is 9.47 Å². The van der Waals surface area contributed by atoms with Crippen LogP contribution in [-0.2, 0) is 19.1 Å². The van der Waals surface area contributed by atoms with Gasteiger partial charge >= 0.3 is 0 Å². The van der Waals surface area contributed by atoms with Crippen LogP contribution >= 0.6 is 0 Å². The van der Waals surface area contributed by atoms with Crippen molar-refractivity contribution in [1.29, 1.82) is 0 Å². The maximum absolute atomic E-state index is 13.1. The molecule has 0 bridgehead atoms. The van der Waals surface area contributed by atoms with Gasteiger partial charge in [0.2, 0.25) is 11.8 Å². The quantitative estimate of drug-likeness (QED) is 0.0419. The van der Waals surface area contributed by atoms with Crippen LogP contribution < -0.4 is 10.6 Å². The molecule has 6 atom stereocenters. The fourth-order valence-corrected chi connectivity index (χ4v) is 6.45. The van der Waals surface area contributed by atoms with Gasteiger partial charge < -0.3 is 40.5 Å². The third-order valence-electron chi connectivity index (χ3n) is 9.76. The average molecular weight is 701 g/mol. The van der Waals surface area contributed by atoms with Crippen molar-refractivity contribution in [2.75, 3.05) is 19.8 Å². The van der Waals surface area contributed by atoms with Gasteiger partial charge in [-0.15, -0.1) is 0 Å². The summed E-state index contributed by atoms with van der Waals surface area (Å²) in [7, 11) is 0. The minimum absolute atomic E-state index is 0.244. The number of aliphatic hydroxyl groups excluding tert-OH is 4. The van der Waals surface area contributed by atoms with Crippen molar-refractivity contribution in [3.05, 3.63) is 0 Å². The van der Waals surface area contributed by atoms with Gasteiger partial charge in [-0.2, -0.15) is 0 Å². The molecule has 1 aliphatic rings. The molecule has 1 rings (SSSR count). The maximum Gasteiger partial charge on any atom is 0.244 e. The molecular weight excluding hydrogens is 624 g/mol. The first-order valence-electron chi connectivity index (χ1n) is 20.3. The standard InChI is InChI=1S/C39H76N2O8/c1-3-5-7-9-11-13-15-16-17-18-19-20-22-24-26-28-34(43)41-32(31-48-39-37(46)36(45)35(44)33(30-42)49-39)38(47)40-29-27-25-23-21-14-12-10-8-6-4-2/h32-33,35-37,39,42,44-46H,3-31H2,1-2H3,(H,40,47)(H,41,43)/t32-,33+,35-,36-,37+,39-/m0/s1. The molecule has 0 aliphatic carbocycles. The van der Waals surface area contributed by atoms with Crippen molar-refractivity contribution in [1.82, 2.24) is 10.6 Å². The summed E-state index contributed by atoms with van der Waals surface area (Å²) >= 11 is 0. The van der Waals surface area contributed by atoms with Crippen LogP contribution in [-0.4, -0.2) is 88.7 Å². The number of amides is 2. The Balaban J connectivity index is 2.37. The molecule has 0 spiro atoms. The Labute approximate surface area is 298 Å².